The highest BCUT2D eigenvalue weighted by Crippen LogP contribution is 2.24. The van der Waals surface area contributed by atoms with Crippen LogP contribution in [0.25, 0.3) is 0 Å². The summed E-state index contributed by atoms with van der Waals surface area (Å²) in [5.74, 6) is 0.479. The molecule has 1 atom stereocenters. The monoisotopic (exact) mass is 391 g/mol. The molecule has 1 fully saturated rings. The van der Waals surface area contributed by atoms with Gasteiger partial charge in [0.1, 0.15) is 5.82 Å². The maximum absolute atomic E-state index is 13.0. The zero-order valence-electron chi connectivity index (χ0n) is 13.7. The largest absolute Gasteiger partial charge is 0.387 e. The van der Waals surface area contributed by atoms with Gasteiger partial charge < -0.3 is 10.0 Å². The second kappa shape index (κ2) is 8.24. The first-order chi connectivity index (χ1) is 11.6. The summed E-state index contributed by atoms with van der Waals surface area (Å²) < 4.78 is 14.0. The van der Waals surface area contributed by atoms with E-state index in [0.29, 0.717) is 12.5 Å². The Morgan fingerprint density at radius 1 is 1.04 bits per heavy atom. The molecular formula is C20H23BrFNO. The molecule has 2 aromatic rings. The van der Waals surface area contributed by atoms with Crippen LogP contribution in [0.2, 0.25) is 0 Å². The molecular weight excluding hydrogens is 369 g/mol. The third-order valence-electron chi connectivity index (χ3n) is 4.83. The molecule has 0 bridgehead atoms. The third-order valence-corrected chi connectivity index (χ3v) is 5.36. The minimum absolute atomic E-state index is 0.171. The topological polar surface area (TPSA) is 23.5 Å². The molecule has 1 N–H and O–H groups in total. The molecule has 0 unspecified atom stereocenters. The smallest absolute Gasteiger partial charge is 0.123 e. The molecule has 24 heavy (non-hydrogen) atoms. The van der Waals surface area contributed by atoms with Gasteiger partial charge in [-0.2, -0.15) is 0 Å². The Morgan fingerprint density at radius 3 is 2.29 bits per heavy atom. The van der Waals surface area contributed by atoms with Crippen LogP contribution in [0, 0.1) is 11.7 Å². The Bertz CT molecular complexity index is 636. The summed E-state index contributed by atoms with van der Waals surface area (Å²) in [6.45, 7) is 2.71. The van der Waals surface area contributed by atoms with Gasteiger partial charge in [-0.25, -0.2) is 4.39 Å². The lowest BCUT2D eigenvalue weighted by Gasteiger charge is -2.33. The maximum Gasteiger partial charge on any atom is 0.123 e. The fraction of sp³-hybridized carbons (Fsp3) is 0.400. The number of benzene rings is 2. The van der Waals surface area contributed by atoms with Gasteiger partial charge in [0.2, 0.25) is 0 Å². The highest BCUT2D eigenvalue weighted by atomic mass is 79.9. The van der Waals surface area contributed by atoms with Crippen molar-refractivity contribution < 1.29 is 9.50 Å². The summed E-state index contributed by atoms with van der Waals surface area (Å²) in [5, 5.41) is 10.4. The second-order valence-corrected chi connectivity index (χ2v) is 7.56. The van der Waals surface area contributed by atoms with E-state index in [1.807, 2.05) is 36.4 Å². The van der Waals surface area contributed by atoms with Gasteiger partial charge in [-0.05, 0) is 73.7 Å². The Labute approximate surface area is 151 Å². The number of piperidine rings is 1. The van der Waals surface area contributed by atoms with E-state index in [0.717, 1.165) is 42.4 Å². The van der Waals surface area contributed by atoms with Crippen LogP contribution >= 0.6 is 15.9 Å². The van der Waals surface area contributed by atoms with Gasteiger partial charge in [0.25, 0.3) is 0 Å². The number of hydrogen-bond donors (Lipinski definition) is 1. The van der Waals surface area contributed by atoms with Gasteiger partial charge in [0.15, 0.2) is 0 Å². The molecule has 4 heteroatoms. The van der Waals surface area contributed by atoms with Crippen LogP contribution in [-0.2, 0) is 6.42 Å². The number of hydrogen-bond acceptors (Lipinski definition) is 2. The Morgan fingerprint density at radius 2 is 1.67 bits per heavy atom. The SMILES string of the molecule is O[C@H](CN1CCC(Cc2ccc(F)cc2)CC1)c1ccc(Br)cc1. The number of nitrogens with zero attached hydrogens (tertiary/aromatic N) is 1. The standard InChI is InChI=1S/C20H23BrFNO/c21-18-5-3-17(4-6-18)20(24)14-23-11-9-16(10-12-23)13-15-1-7-19(22)8-2-15/h1-8,16,20,24H,9-14H2/t20-/m1/s1. The first-order valence-corrected chi connectivity index (χ1v) is 9.30. The average Bonchev–Trinajstić information content (AvgIpc) is 2.59. The number of β-amino-alcohol motifs (C(OH)–C–C–N with tert-alkyl or cyclic N) is 1. The van der Waals surface area contributed by atoms with Crippen LogP contribution in [-0.4, -0.2) is 29.6 Å². The van der Waals surface area contributed by atoms with Crippen molar-refractivity contribution >= 4 is 15.9 Å². The summed E-state index contributed by atoms with van der Waals surface area (Å²) >= 11 is 3.42. The first kappa shape index (κ1) is 17.6. The van der Waals surface area contributed by atoms with Crippen molar-refractivity contribution in [3.05, 3.63) is 69.9 Å². The molecule has 0 amide bonds. The number of halogens is 2. The van der Waals surface area contributed by atoms with E-state index in [4.69, 9.17) is 0 Å². The lowest BCUT2D eigenvalue weighted by molar-refractivity contribution is 0.0893. The molecule has 2 nitrogen and oxygen atoms in total. The molecule has 0 aromatic heterocycles. The predicted octanol–water partition coefficient (Wildman–Crippen LogP) is 4.58. The van der Waals surface area contributed by atoms with Crippen LogP contribution in [0.4, 0.5) is 4.39 Å². The molecule has 1 aliphatic rings. The van der Waals surface area contributed by atoms with Crippen molar-refractivity contribution in [2.75, 3.05) is 19.6 Å². The number of rotatable bonds is 5. The fourth-order valence-electron chi connectivity index (χ4n) is 3.36. The Kier molecular flexibility index (Phi) is 6.04. The third kappa shape index (κ3) is 4.88. The fourth-order valence-corrected chi connectivity index (χ4v) is 3.63. The van der Waals surface area contributed by atoms with Gasteiger partial charge in [-0.15, -0.1) is 0 Å². The Hall–Kier alpha value is -1.23. The van der Waals surface area contributed by atoms with Crippen molar-refractivity contribution in [1.29, 1.82) is 0 Å². The zero-order chi connectivity index (χ0) is 16.9. The molecule has 0 saturated carbocycles. The normalized spacial score (nSPS) is 17.8. The summed E-state index contributed by atoms with van der Waals surface area (Å²) in [7, 11) is 0. The van der Waals surface area contributed by atoms with Gasteiger partial charge in [0, 0.05) is 11.0 Å². The number of likely N-dealkylation sites (tertiary alicyclic amines) is 1. The maximum atomic E-state index is 13.0. The van der Waals surface area contributed by atoms with Gasteiger partial charge in [0.05, 0.1) is 6.10 Å². The van der Waals surface area contributed by atoms with E-state index in [2.05, 4.69) is 20.8 Å². The highest BCUT2D eigenvalue weighted by Gasteiger charge is 2.21. The average molecular weight is 392 g/mol. The number of aliphatic hydroxyl groups is 1. The van der Waals surface area contributed by atoms with Crippen molar-refractivity contribution in [3.63, 3.8) is 0 Å². The molecule has 1 aliphatic heterocycles. The molecule has 128 valence electrons. The Balaban J connectivity index is 1.46. The van der Waals surface area contributed by atoms with Crippen LogP contribution in [0.1, 0.15) is 30.1 Å². The molecule has 0 spiro atoms. The summed E-state index contributed by atoms with van der Waals surface area (Å²) in [4.78, 5) is 2.34. The summed E-state index contributed by atoms with van der Waals surface area (Å²) in [5.41, 5.74) is 2.18. The van der Waals surface area contributed by atoms with Crippen molar-refractivity contribution in [2.24, 2.45) is 5.92 Å². The quantitative estimate of drug-likeness (QED) is 0.806. The van der Waals surface area contributed by atoms with Crippen LogP contribution in [0.15, 0.2) is 53.0 Å². The van der Waals surface area contributed by atoms with Gasteiger partial charge in [-0.3, -0.25) is 0 Å². The van der Waals surface area contributed by atoms with Crippen LogP contribution in [0.5, 0.6) is 0 Å². The first-order valence-electron chi connectivity index (χ1n) is 8.50. The minimum atomic E-state index is -0.438. The van der Waals surface area contributed by atoms with Crippen LogP contribution in [0.3, 0.4) is 0 Å². The second-order valence-electron chi connectivity index (χ2n) is 6.64. The van der Waals surface area contributed by atoms with Crippen molar-refractivity contribution in [3.8, 4) is 0 Å². The lowest BCUT2D eigenvalue weighted by atomic mass is 9.90. The minimum Gasteiger partial charge on any atom is -0.387 e. The van der Waals surface area contributed by atoms with E-state index >= 15 is 0 Å². The van der Waals surface area contributed by atoms with E-state index in [-0.39, 0.29) is 5.82 Å². The van der Waals surface area contributed by atoms with E-state index in [9.17, 15) is 9.50 Å². The lowest BCUT2D eigenvalue weighted by Crippen LogP contribution is -2.37. The summed E-state index contributed by atoms with van der Waals surface area (Å²) in [6, 6.07) is 14.7. The molecule has 2 aromatic carbocycles. The molecule has 1 saturated heterocycles. The van der Waals surface area contributed by atoms with Crippen LogP contribution < -0.4 is 0 Å². The van der Waals surface area contributed by atoms with Gasteiger partial charge in [-0.1, -0.05) is 40.2 Å². The van der Waals surface area contributed by atoms with Crippen molar-refractivity contribution in [2.45, 2.75) is 25.4 Å². The van der Waals surface area contributed by atoms with Gasteiger partial charge >= 0.3 is 0 Å². The molecule has 1 heterocycles. The predicted molar refractivity (Wildman–Crippen MR) is 98.4 cm³/mol. The van der Waals surface area contributed by atoms with Crippen molar-refractivity contribution in [1.82, 2.24) is 4.90 Å². The van der Waals surface area contributed by atoms with E-state index in [1.54, 1.807) is 12.1 Å². The molecule has 3 rings (SSSR count). The number of aliphatic hydroxyl groups excluding tert-OH is 1. The highest BCUT2D eigenvalue weighted by molar-refractivity contribution is 9.10. The van der Waals surface area contributed by atoms with E-state index < -0.39 is 6.10 Å². The van der Waals surface area contributed by atoms with E-state index in [1.165, 1.54) is 5.56 Å². The molecule has 0 radical (unpaired) electrons. The molecule has 0 aliphatic carbocycles. The zero-order valence-corrected chi connectivity index (χ0v) is 15.3. The summed E-state index contributed by atoms with van der Waals surface area (Å²) in [6.07, 6.45) is 2.84.